The zero-order valence-electron chi connectivity index (χ0n) is 16.4. The number of para-hydroxylation sites is 2. The van der Waals surface area contributed by atoms with Crippen LogP contribution >= 0.6 is 0 Å². The third kappa shape index (κ3) is 7.45. The number of nitrogens with zero attached hydrogens (tertiary/aromatic N) is 2. The summed E-state index contributed by atoms with van der Waals surface area (Å²) in [6, 6.07) is 14.6. The second-order valence-electron chi connectivity index (χ2n) is 5.70. The molecule has 0 saturated heterocycles. The topological polar surface area (TPSA) is 101 Å². The van der Waals surface area contributed by atoms with Crippen molar-refractivity contribution in [3.8, 4) is 11.5 Å². The molecule has 2 rings (SSSR count). The standard InChI is InChI=1S/C21H24N4O4/c1-3-28-18-11-7-5-9-16(18)14-22-24-20(26)13-21(27)25-23-15-17-10-6-8-12-19(17)29-4-2/h5-12,14-15H,3-4,13H2,1-2H3,(H,24,26)(H,25,27)/b22-14+,23-15+. The molecule has 0 fully saturated rings. The third-order valence-electron chi connectivity index (χ3n) is 3.54. The van der Waals surface area contributed by atoms with E-state index in [1.54, 1.807) is 0 Å². The van der Waals surface area contributed by atoms with Crippen LogP contribution in [0.5, 0.6) is 11.5 Å². The molecule has 2 aromatic rings. The Balaban J connectivity index is 1.82. The van der Waals surface area contributed by atoms with Crippen LogP contribution in [0.2, 0.25) is 0 Å². The average molecular weight is 396 g/mol. The summed E-state index contributed by atoms with van der Waals surface area (Å²) in [6.07, 6.45) is 2.52. The summed E-state index contributed by atoms with van der Waals surface area (Å²) in [5.74, 6) is 0.204. The van der Waals surface area contributed by atoms with Crippen molar-refractivity contribution in [3.05, 3.63) is 59.7 Å². The van der Waals surface area contributed by atoms with Gasteiger partial charge in [0.1, 0.15) is 17.9 Å². The molecule has 0 bridgehead atoms. The second kappa shape index (κ2) is 11.9. The highest BCUT2D eigenvalue weighted by Crippen LogP contribution is 2.16. The highest BCUT2D eigenvalue weighted by Gasteiger charge is 2.08. The molecule has 8 nitrogen and oxygen atoms in total. The van der Waals surface area contributed by atoms with E-state index >= 15 is 0 Å². The molecule has 0 atom stereocenters. The minimum atomic E-state index is -0.558. The monoisotopic (exact) mass is 396 g/mol. The van der Waals surface area contributed by atoms with Gasteiger partial charge in [-0.25, -0.2) is 10.9 Å². The lowest BCUT2D eigenvalue weighted by atomic mass is 10.2. The van der Waals surface area contributed by atoms with Crippen LogP contribution < -0.4 is 20.3 Å². The molecule has 8 heteroatoms. The number of ether oxygens (including phenoxy) is 2. The molecule has 0 aliphatic heterocycles. The summed E-state index contributed by atoms with van der Waals surface area (Å²) in [4.78, 5) is 23.7. The zero-order valence-corrected chi connectivity index (χ0v) is 16.4. The fourth-order valence-corrected chi connectivity index (χ4v) is 2.32. The molecule has 0 radical (unpaired) electrons. The highest BCUT2D eigenvalue weighted by atomic mass is 16.5. The van der Waals surface area contributed by atoms with Crippen molar-refractivity contribution in [2.75, 3.05) is 13.2 Å². The second-order valence-corrected chi connectivity index (χ2v) is 5.70. The van der Waals surface area contributed by atoms with Gasteiger partial charge in [-0.1, -0.05) is 24.3 Å². The van der Waals surface area contributed by atoms with E-state index in [0.717, 1.165) is 11.1 Å². The number of carbonyl (C=O) groups is 2. The van der Waals surface area contributed by atoms with Gasteiger partial charge >= 0.3 is 0 Å². The number of amides is 2. The number of hydrazone groups is 2. The number of benzene rings is 2. The van der Waals surface area contributed by atoms with Crippen molar-refractivity contribution >= 4 is 24.2 Å². The minimum absolute atomic E-state index is 0.408. The maximum Gasteiger partial charge on any atom is 0.249 e. The van der Waals surface area contributed by atoms with Crippen LogP contribution in [0.1, 0.15) is 31.4 Å². The Morgan fingerprint density at radius 1 is 0.793 bits per heavy atom. The van der Waals surface area contributed by atoms with Crippen molar-refractivity contribution in [3.63, 3.8) is 0 Å². The summed E-state index contributed by atoms with van der Waals surface area (Å²) in [5.41, 5.74) is 6.05. The number of rotatable bonds is 10. The van der Waals surface area contributed by atoms with E-state index < -0.39 is 18.2 Å². The van der Waals surface area contributed by atoms with Gasteiger partial charge in [0.25, 0.3) is 0 Å². The first-order chi connectivity index (χ1) is 14.1. The molecule has 0 unspecified atom stereocenters. The first-order valence-corrected chi connectivity index (χ1v) is 9.21. The van der Waals surface area contributed by atoms with E-state index in [1.165, 1.54) is 12.4 Å². The number of hydrogen-bond acceptors (Lipinski definition) is 6. The zero-order chi connectivity index (χ0) is 20.9. The van der Waals surface area contributed by atoms with Crippen molar-refractivity contribution in [2.24, 2.45) is 10.2 Å². The van der Waals surface area contributed by atoms with Crippen LogP contribution in [0.15, 0.2) is 58.7 Å². The SMILES string of the molecule is CCOc1ccccc1/C=N/NC(=O)CC(=O)N/N=C/c1ccccc1OCC. The molecule has 0 aromatic heterocycles. The van der Waals surface area contributed by atoms with E-state index in [9.17, 15) is 9.59 Å². The van der Waals surface area contributed by atoms with Gasteiger partial charge in [-0.15, -0.1) is 0 Å². The Morgan fingerprint density at radius 3 is 1.62 bits per heavy atom. The minimum Gasteiger partial charge on any atom is -0.493 e. The van der Waals surface area contributed by atoms with Gasteiger partial charge in [-0.3, -0.25) is 9.59 Å². The van der Waals surface area contributed by atoms with Crippen LogP contribution in [0.4, 0.5) is 0 Å². The molecule has 0 saturated carbocycles. The van der Waals surface area contributed by atoms with Crippen LogP contribution in [0.3, 0.4) is 0 Å². The Hall–Kier alpha value is -3.68. The Bertz CT molecular complexity index is 809. The number of carbonyl (C=O) groups excluding carboxylic acids is 2. The fraction of sp³-hybridized carbons (Fsp3) is 0.238. The van der Waals surface area contributed by atoms with Crippen LogP contribution in [-0.4, -0.2) is 37.5 Å². The van der Waals surface area contributed by atoms with Crippen LogP contribution in [-0.2, 0) is 9.59 Å². The molecule has 0 aliphatic rings. The lowest BCUT2D eigenvalue weighted by Crippen LogP contribution is -2.27. The molecule has 0 aliphatic carbocycles. The predicted octanol–water partition coefficient (Wildman–Crippen LogP) is 2.47. The molecule has 2 amide bonds. The third-order valence-corrected chi connectivity index (χ3v) is 3.54. The van der Waals surface area contributed by atoms with Crippen molar-refractivity contribution in [1.82, 2.24) is 10.9 Å². The summed E-state index contributed by atoms with van der Waals surface area (Å²) in [7, 11) is 0. The van der Waals surface area contributed by atoms with Gasteiger partial charge in [-0.05, 0) is 38.1 Å². The van der Waals surface area contributed by atoms with E-state index in [-0.39, 0.29) is 0 Å². The molecular formula is C21H24N4O4. The lowest BCUT2D eigenvalue weighted by Gasteiger charge is -2.06. The van der Waals surface area contributed by atoms with Crippen LogP contribution in [0.25, 0.3) is 0 Å². The van der Waals surface area contributed by atoms with Crippen molar-refractivity contribution in [1.29, 1.82) is 0 Å². The van der Waals surface area contributed by atoms with Crippen molar-refractivity contribution < 1.29 is 19.1 Å². The van der Waals surface area contributed by atoms with E-state index in [0.29, 0.717) is 24.7 Å². The Morgan fingerprint density at radius 2 is 1.21 bits per heavy atom. The fourth-order valence-electron chi connectivity index (χ4n) is 2.32. The smallest absolute Gasteiger partial charge is 0.249 e. The first-order valence-electron chi connectivity index (χ1n) is 9.21. The largest absolute Gasteiger partial charge is 0.493 e. The van der Waals surface area contributed by atoms with Gasteiger partial charge in [0.15, 0.2) is 0 Å². The van der Waals surface area contributed by atoms with Crippen LogP contribution in [0, 0.1) is 0 Å². The Labute approximate surface area is 169 Å². The lowest BCUT2D eigenvalue weighted by molar-refractivity contribution is -0.129. The highest BCUT2D eigenvalue weighted by molar-refractivity contribution is 5.97. The molecule has 0 spiro atoms. The van der Waals surface area contributed by atoms with E-state index in [2.05, 4.69) is 21.1 Å². The summed E-state index contributed by atoms with van der Waals surface area (Å²) >= 11 is 0. The van der Waals surface area contributed by atoms with Gasteiger partial charge < -0.3 is 9.47 Å². The maximum atomic E-state index is 11.8. The average Bonchev–Trinajstić information content (AvgIpc) is 2.71. The quantitative estimate of drug-likeness (QED) is 0.366. The van der Waals surface area contributed by atoms with Gasteiger partial charge in [0.05, 0.1) is 25.6 Å². The van der Waals surface area contributed by atoms with Gasteiger partial charge in [0.2, 0.25) is 11.8 Å². The number of nitrogens with one attached hydrogen (secondary N) is 2. The predicted molar refractivity (Wildman–Crippen MR) is 111 cm³/mol. The molecule has 0 heterocycles. The van der Waals surface area contributed by atoms with Gasteiger partial charge in [0, 0.05) is 11.1 Å². The summed E-state index contributed by atoms with van der Waals surface area (Å²) in [5, 5.41) is 7.72. The number of hydrogen-bond donors (Lipinski definition) is 2. The van der Waals surface area contributed by atoms with Crippen molar-refractivity contribution in [2.45, 2.75) is 20.3 Å². The van der Waals surface area contributed by atoms with Gasteiger partial charge in [-0.2, -0.15) is 10.2 Å². The van der Waals surface area contributed by atoms with E-state index in [1.807, 2.05) is 62.4 Å². The maximum absolute atomic E-state index is 11.8. The molecule has 29 heavy (non-hydrogen) atoms. The van der Waals surface area contributed by atoms with E-state index in [4.69, 9.17) is 9.47 Å². The first kappa shape index (κ1) is 21.6. The normalized spacial score (nSPS) is 10.8. The summed E-state index contributed by atoms with van der Waals surface area (Å²) in [6.45, 7) is 4.80. The molecule has 2 aromatic carbocycles. The Kier molecular flexibility index (Phi) is 8.88. The molecule has 2 N–H and O–H groups in total. The molecular weight excluding hydrogens is 372 g/mol. The molecule has 152 valence electrons. The summed E-state index contributed by atoms with van der Waals surface area (Å²) < 4.78 is 10.9.